The van der Waals surface area contributed by atoms with Crippen LogP contribution in [0, 0.1) is 25.2 Å². The SMILES string of the molecule is COC(=O)C(C)(C)C1CCCN(c2nc(CN3CCCC3)nc3sc(C)c(C)c23)C1. The number of carbonyl (C=O) groups is 1. The van der Waals surface area contributed by atoms with Crippen molar-refractivity contribution in [2.75, 3.05) is 38.2 Å². The molecule has 164 valence electrons. The highest BCUT2D eigenvalue weighted by Crippen LogP contribution is 2.40. The van der Waals surface area contributed by atoms with Gasteiger partial charge in [-0.2, -0.15) is 0 Å². The molecule has 0 aliphatic carbocycles. The molecule has 0 spiro atoms. The van der Waals surface area contributed by atoms with Gasteiger partial charge in [0, 0.05) is 18.0 Å². The molecule has 2 fully saturated rings. The molecule has 2 aromatic heterocycles. The Balaban J connectivity index is 1.70. The van der Waals surface area contributed by atoms with Crippen LogP contribution in [0.4, 0.5) is 5.82 Å². The van der Waals surface area contributed by atoms with Gasteiger partial charge in [0.25, 0.3) is 0 Å². The van der Waals surface area contributed by atoms with Crippen molar-refractivity contribution in [2.24, 2.45) is 11.3 Å². The Labute approximate surface area is 183 Å². The summed E-state index contributed by atoms with van der Waals surface area (Å²) in [6, 6.07) is 0. The number of fused-ring (bicyclic) bond motifs is 1. The average molecular weight is 431 g/mol. The first-order chi connectivity index (χ1) is 14.3. The maximum absolute atomic E-state index is 12.4. The van der Waals surface area contributed by atoms with Crippen LogP contribution >= 0.6 is 11.3 Å². The molecular weight excluding hydrogens is 396 g/mol. The molecule has 2 aliphatic rings. The number of esters is 1. The number of hydrogen-bond acceptors (Lipinski definition) is 7. The van der Waals surface area contributed by atoms with E-state index in [0.717, 1.165) is 62.0 Å². The number of anilines is 1. The monoisotopic (exact) mass is 430 g/mol. The fourth-order valence-electron chi connectivity index (χ4n) is 4.90. The third kappa shape index (κ3) is 3.94. The number of nitrogens with zero attached hydrogens (tertiary/aromatic N) is 4. The van der Waals surface area contributed by atoms with Crippen molar-refractivity contribution in [3.05, 3.63) is 16.3 Å². The van der Waals surface area contributed by atoms with E-state index in [0.29, 0.717) is 0 Å². The van der Waals surface area contributed by atoms with E-state index in [9.17, 15) is 4.79 Å². The molecule has 1 atom stereocenters. The maximum Gasteiger partial charge on any atom is 0.311 e. The fraction of sp³-hybridized carbons (Fsp3) is 0.696. The Morgan fingerprint density at radius 3 is 2.60 bits per heavy atom. The third-order valence-electron chi connectivity index (χ3n) is 7.07. The Kier molecular flexibility index (Phi) is 6.04. The first-order valence-corrected chi connectivity index (χ1v) is 11.9. The second-order valence-corrected chi connectivity index (χ2v) is 10.6. The van der Waals surface area contributed by atoms with Crippen molar-refractivity contribution >= 4 is 33.3 Å². The molecule has 4 rings (SSSR count). The van der Waals surface area contributed by atoms with Gasteiger partial charge in [0.2, 0.25) is 0 Å². The van der Waals surface area contributed by atoms with Gasteiger partial charge in [-0.3, -0.25) is 9.69 Å². The lowest BCUT2D eigenvalue weighted by molar-refractivity contribution is -0.154. The maximum atomic E-state index is 12.4. The minimum absolute atomic E-state index is 0.125. The van der Waals surface area contributed by atoms with Gasteiger partial charge >= 0.3 is 5.97 Å². The molecule has 6 nitrogen and oxygen atoms in total. The van der Waals surface area contributed by atoms with Crippen LogP contribution in [0.5, 0.6) is 0 Å². The number of aryl methyl sites for hydroxylation is 2. The number of rotatable bonds is 5. The predicted molar refractivity (Wildman–Crippen MR) is 122 cm³/mol. The largest absolute Gasteiger partial charge is 0.469 e. The molecule has 0 bridgehead atoms. The van der Waals surface area contributed by atoms with E-state index >= 15 is 0 Å². The van der Waals surface area contributed by atoms with Gasteiger partial charge in [-0.25, -0.2) is 9.97 Å². The van der Waals surface area contributed by atoms with Gasteiger partial charge in [0.15, 0.2) is 0 Å². The normalized spacial score (nSPS) is 20.8. The van der Waals surface area contributed by atoms with Gasteiger partial charge in [0.05, 0.1) is 24.5 Å². The molecule has 1 unspecified atom stereocenters. The summed E-state index contributed by atoms with van der Waals surface area (Å²) in [6.45, 7) is 13.3. The standard InChI is InChI=1S/C23H34N4O2S/c1-15-16(2)30-21-19(15)20(24-18(25-21)14-26-10-6-7-11-26)27-12-8-9-17(13-27)23(3,4)22(28)29-5/h17H,6-14H2,1-5H3. The van der Waals surface area contributed by atoms with Crippen LogP contribution in [0.3, 0.4) is 0 Å². The van der Waals surface area contributed by atoms with Crippen molar-refractivity contribution in [1.29, 1.82) is 0 Å². The number of piperidine rings is 1. The van der Waals surface area contributed by atoms with E-state index in [1.165, 1.54) is 35.8 Å². The Bertz CT molecular complexity index is 933. The van der Waals surface area contributed by atoms with Crippen LogP contribution in [-0.2, 0) is 16.1 Å². The first kappa shape index (κ1) is 21.5. The lowest BCUT2D eigenvalue weighted by Gasteiger charge is -2.40. The predicted octanol–water partition coefficient (Wildman–Crippen LogP) is 4.32. The Hall–Kier alpha value is -1.73. The van der Waals surface area contributed by atoms with E-state index < -0.39 is 5.41 Å². The molecule has 0 saturated carbocycles. The minimum Gasteiger partial charge on any atom is -0.469 e. The van der Waals surface area contributed by atoms with Crippen LogP contribution < -0.4 is 4.90 Å². The number of thiophene rings is 1. The summed E-state index contributed by atoms with van der Waals surface area (Å²) in [5.41, 5.74) is 0.782. The summed E-state index contributed by atoms with van der Waals surface area (Å²) in [7, 11) is 1.49. The zero-order valence-corrected chi connectivity index (χ0v) is 19.8. The van der Waals surface area contributed by atoms with Crippen molar-refractivity contribution in [3.8, 4) is 0 Å². The highest BCUT2D eigenvalue weighted by molar-refractivity contribution is 7.18. The lowest BCUT2D eigenvalue weighted by atomic mass is 9.74. The first-order valence-electron chi connectivity index (χ1n) is 11.1. The number of methoxy groups -OCH3 is 1. The molecule has 30 heavy (non-hydrogen) atoms. The molecule has 4 heterocycles. The second-order valence-electron chi connectivity index (χ2n) is 9.41. The number of ether oxygens (including phenoxy) is 1. The molecule has 7 heteroatoms. The highest BCUT2D eigenvalue weighted by atomic mass is 32.1. The lowest BCUT2D eigenvalue weighted by Crippen LogP contribution is -2.45. The minimum atomic E-state index is -0.502. The van der Waals surface area contributed by atoms with Crippen molar-refractivity contribution in [1.82, 2.24) is 14.9 Å². The van der Waals surface area contributed by atoms with E-state index in [-0.39, 0.29) is 11.9 Å². The summed E-state index contributed by atoms with van der Waals surface area (Å²) in [5.74, 6) is 2.10. The number of carbonyl (C=O) groups excluding carboxylic acids is 1. The van der Waals surface area contributed by atoms with Gasteiger partial charge in [-0.05, 0) is 77.9 Å². The Morgan fingerprint density at radius 1 is 1.17 bits per heavy atom. The molecule has 2 aliphatic heterocycles. The topological polar surface area (TPSA) is 58.6 Å². The molecule has 0 amide bonds. The second kappa shape index (κ2) is 8.42. The van der Waals surface area contributed by atoms with Crippen LogP contribution in [0.15, 0.2) is 0 Å². The summed E-state index contributed by atoms with van der Waals surface area (Å²) in [6.07, 6.45) is 4.63. The zero-order valence-electron chi connectivity index (χ0n) is 19.0. The summed E-state index contributed by atoms with van der Waals surface area (Å²) >= 11 is 1.77. The van der Waals surface area contributed by atoms with E-state index in [2.05, 4.69) is 23.6 Å². The average Bonchev–Trinajstić information content (AvgIpc) is 3.34. The number of hydrogen-bond donors (Lipinski definition) is 0. The molecule has 0 radical (unpaired) electrons. The summed E-state index contributed by atoms with van der Waals surface area (Å²) in [5, 5.41) is 1.19. The zero-order chi connectivity index (χ0) is 21.5. The summed E-state index contributed by atoms with van der Waals surface area (Å²) < 4.78 is 5.11. The molecule has 2 saturated heterocycles. The molecular formula is C23H34N4O2S. The van der Waals surface area contributed by atoms with Crippen molar-refractivity contribution in [2.45, 2.75) is 59.9 Å². The van der Waals surface area contributed by atoms with Gasteiger partial charge in [-0.15, -0.1) is 11.3 Å². The van der Waals surface area contributed by atoms with Gasteiger partial charge in [-0.1, -0.05) is 0 Å². The number of aromatic nitrogens is 2. The fourth-order valence-corrected chi connectivity index (χ4v) is 5.94. The van der Waals surface area contributed by atoms with Gasteiger partial charge < -0.3 is 9.64 Å². The summed E-state index contributed by atoms with van der Waals surface area (Å²) in [4.78, 5) is 29.7. The van der Waals surface area contributed by atoms with Crippen molar-refractivity contribution < 1.29 is 9.53 Å². The van der Waals surface area contributed by atoms with Crippen LogP contribution in [-0.4, -0.2) is 54.1 Å². The molecule has 2 aromatic rings. The molecule has 0 aromatic carbocycles. The van der Waals surface area contributed by atoms with E-state index in [4.69, 9.17) is 14.7 Å². The third-order valence-corrected chi connectivity index (χ3v) is 8.17. The number of likely N-dealkylation sites (tertiary alicyclic amines) is 1. The van der Waals surface area contributed by atoms with E-state index in [1.54, 1.807) is 11.3 Å². The van der Waals surface area contributed by atoms with Crippen LogP contribution in [0.2, 0.25) is 0 Å². The van der Waals surface area contributed by atoms with Crippen LogP contribution in [0.25, 0.3) is 10.2 Å². The van der Waals surface area contributed by atoms with Crippen molar-refractivity contribution in [3.63, 3.8) is 0 Å². The van der Waals surface area contributed by atoms with Crippen LogP contribution in [0.1, 0.15) is 55.8 Å². The molecule has 0 N–H and O–H groups in total. The Morgan fingerprint density at radius 2 is 1.90 bits per heavy atom. The van der Waals surface area contributed by atoms with E-state index in [1.807, 2.05) is 13.8 Å². The smallest absolute Gasteiger partial charge is 0.311 e. The highest BCUT2D eigenvalue weighted by Gasteiger charge is 2.40. The van der Waals surface area contributed by atoms with Gasteiger partial charge in [0.1, 0.15) is 16.5 Å². The quantitative estimate of drug-likeness (QED) is 0.659.